The molecule has 0 radical (unpaired) electrons. The number of hydrogen-bond acceptors (Lipinski definition) is 6. The van der Waals surface area contributed by atoms with Crippen LogP contribution in [0.5, 0.6) is 0 Å². The van der Waals surface area contributed by atoms with Crippen molar-refractivity contribution in [2.75, 3.05) is 18.4 Å². The highest BCUT2D eigenvalue weighted by Crippen LogP contribution is 2.36. The molecular weight excluding hydrogens is 433 g/mol. The monoisotopic (exact) mass is 464 g/mol. The second kappa shape index (κ2) is 9.87. The van der Waals surface area contributed by atoms with Crippen LogP contribution in [0.2, 0.25) is 0 Å². The third-order valence-electron chi connectivity index (χ3n) is 7.06. The van der Waals surface area contributed by atoms with Gasteiger partial charge in [-0.2, -0.15) is 18.4 Å². The minimum atomic E-state index is -4.25. The summed E-state index contributed by atoms with van der Waals surface area (Å²) in [6, 6.07) is 9.32. The molecule has 0 bridgehead atoms. The summed E-state index contributed by atoms with van der Waals surface area (Å²) in [6.07, 6.45) is 0.172. The van der Waals surface area contributed by atoms with E-state index >= 15 is 0 Å². The van der Waals surface area contributed by atoms with Crippen LogP contribution in [-0.2, 0) is 4.79 Å². The normalized spacial score (nSPS) is 31.4. The molecule has 2 heterocycles. The Kier molecular flexibility index (Phi) is 7.12. The summed E-state index contributed by atoms with van der Waals surface area (Å²) >= 11 is 0. The second-order valence-electron chi connectivity index (χ2n) is 9.26. The Balaban J connectivity index is 1.45. The Bertz CT molecular complexity index is 870. The number of halogens is 3. The Morgan fingerprint density at radius 3 is 2.61 bits per heavy atom. The number of hydrazine groups is 1. The van der Waals surface area contributed by atoms with E-state index in [1.807, 2.05) is 12.1 Å². The number of alkyl halides is 3. The number of anilines is 1. The highest BCUT2D eigenvalue weighted by Gasteiger charge is 2.51. The summed E-state index contributed by atoms with van der Waals surface area (Å²) in [5, 5.41) is 20.7. The van der Waals surface area contributed by atoms with Gasteiger partial charge in [0.25, 0.3) is 0 Å². The molecule has 4 N–H and O–H groups in total. The van der Waals surface area contributed by atoms with Gasteiger partial charge >= 0.3 is 6.18 Å². The van der Waals surface area contributed by atoms with E-state index in [4.69, 9.17) is 0 Å². The number of nitriles is 1. The lowest BCUT2D eigenvalue weighted by molar-refractivity contribution is -0.128. The van der Waals surface area contributed by atoms with Crippen LogP contribution < -0.4 is 21.4 Å². The lowest BCUT2D eigenvalue weighted by atomic mass is 9.83. The van der Waals surface area contributed by atoms with Gasteiger partial charge in [-0.05, 0) is 43.9 Å². The van der Waals surface area contributed by atoms with E-state index in [1.165, 1.54) is 0 Å². The van der Waals surface area contributed by atoms with Crippen LogP contribution in [0.3, 0.4) is 0 Å². The average molecular weight is 465 g/mol. The molecular formula is C23H31F3N6O. The number of carbonyl (C=O) groups is 1. The Morgan fingerprint density at radius 1 is 1.18 bits per heavy atom. The molecule has 2 aliphatic heterocycles. The van der Waals surface area contributed by atoms with Crippen LogP contribution in [0.1, 0.15) is 50.6 Å². The fourth-order valence-corrected chi connectivity index (χ4v) is 5.33. The van der Waals surface area contributed by atoms with E-state index in [-0.39, 0.29) is 36.0 Å². The molecule has 2 saturated heterocycles. The van der Waals surface area contributed by atoms with Crippen molar-refractivity contribution in [2.45, 2.75) is 69.5 Å². The van der Waals surface area contributed by atoms with Gasteiger partial charge in [0.05, 0.1) is 24.4 Å². The molecule has 0 aromatic heterocycles. The highest BCUT2D eigenvalue weighted by atomic mass is 19.4. The number of benzene rings is 1. The van der Waals surface area contributed by atoms with Gasteiger partial charge in [-0.25, -0.2) is 10.4 Å². The van der Waals surface area contributed by atoms with E-state index < -0.39 is 18.8 Å². The van der Waals surface area contributed by atoms with E-state index in [0.717, 1.165) is 43.4 Å². The van der Waals surface area contributed by atoms with E-state index in [1.54, 1.807) is 19.1 Å². The van der Waals surface area contributed by atoms with Crippen molar-refractivity contribution in [3.05, 3.63) is 29.8 Å². The Morgan fingerprint density at radius 2 is 1.91 bits per heavy atom. The third kappa shape index (κ3) is 5.42. The summed E-state index contributed by atoms with van der Waals surface area (Å²) in [4.78, 5) is 12.8. The van der Waals surface area contributed by atoms with E-state index in [2.05, 4.69) is 32.5 Å². The Hall–Kier alpha value is -2.35. The number of piperidine rings is 1. The molecule has 3 fully saturated rings. The fraction of sp³-hybridized carbons (Fsp3) is 0.652. The maximum atomic E-state index is 12.8. The lowest BCUT2D eigenvalue weighted by Crippen LogP contribution is -2.54. The zero-order valence-electron chi connectivity index (χ0n) is 18.7. The smallest absolute Gasteiger partial charge is 0.368 e. The van der Waals surface area contributed by atoms with Gasteiger partial charge in [0.15, 0.2) is 0 Å². The van der Waals surface area contributed by atoms with Gasteiger partial charge in [-0.15, -0.1) is 0 Å². The van der Waals surface area contributed by atoms with Crippen molar-refractivity contribution in [2.24, 2.45) is 11.8 Å². The first-order valence-corrected chi connectivity index (χ1v) is 11.7. The van der Waals surface area contributed by atoms with Gasteiger partial charge in [0.2, 0.25) is 5.91 Å². The second-order valence-corrected chi connectivity index (χ2v) is 9.26. The largest absolute Gasteiger partial charge is 0.401 e. The van der Waals surface area contributed by atoms with Crippen LogP contribution in [0.15, 0.2) is 24.3 Å². The first-order chi connectivity index (χ1) is 15.8. The summed E-state index contributed by atoms with van der Waals surface area (Å²) < 4.78 is 37.4. The van der Waals surface area contributed by atoms with E-state index in [9.17, 15) is 23.2 Å². The van der Waals surface area contributed by atoms with Crippen LogP contribution >= 0.6 is 0 Å². The quantitative estimate of drug-likeness (QED) is 0.517. The van der Waals surface area contributed by atoms with Crippen molar-refractivity contribution in [3.8, 4) is 6.07 Å². The zero-order chi connectivity index (χ0) is 23.6. The standard InChI is InChI=1S/C23H31F3N6O/c1-14(29-13-23(24,25)26)15-6-8-17(9-7-15)30-21-20-19(10-11-28-22(20)33)32(31-21)18-5-3-2-4-16(18)12-27/h6-9,14,16,18-21,29-31H,2-5,10-11,13H2,1H3,(H,28,33)/t14-,16-,18+,19?,20?,21?/m1/s1. The Labute approximate surface area is 192 Å². The molecule has 1 aromatic carbocycles. The molecule has 33 heavy (non-hydrogen) atoms. The molecule has 7 nitrogen and oxygen atoms in total. The number of nitrogens with one attached hydrogen (secondary N) is 4. The summed E-state index contributed by atoms with van der Waals surface area (Å²) in [5.41, 5.74) is 5.02. The molecule has 3 aliphatic rings. The van der Waals surface area contributed by atoms with E-state index in [0.29, 0.717) is 6.54 Å². The van der Waals surface area contributed by atoms with Crippen LogP contribution in [-0.4, -0.2) is 48.4 Å². The predicted octanol–water partition coefficient (Wildman–Crippen LogP) is 3.04. The molecule has 6 atom stereocenters. The van der Waals surface area contributed by atoms with Crippen molar-refractivity contribution in [3.63, 3.8) is 0 Å². The number of nitrogens with zero attached hydrogens (tertiary/aromatic N) is 2. The van der Waals surface area contributed by atoms with Crippen molar-refractivity contribution in [1.29, 1.82) is 5.26 Å². The molecule has 1 aromatic rings. The number of fused-ring (bicyclic) bond motifs is 1. The number of rotatable bonds is 6. The summed E-state index contributed by atoms with van der Waals surface area (Å²) in [7, 11) is 0. The van der Waals surface area contributed by atoms with Crippen molar-refractivity contribution in [1.82, 2.24) is 21.1 Å². The summed E-state index contributed by atoms with van der Waals surface area (Å²) in [5.74, 6) is -0.364. The molecule has 1 amide bonds. The fourth-order valence-electron chi connectivity index (χ4n) is 5.33. The average Bonchev–Trinajstić information content (AvgIpc) is 3.16. The van der Waals surface area contributed by atoms with Crippen LogP contribution in [0.4, 0.5) is 18.9 Å². The zero-order valence-corrected chi connectivity index (χ0v) is 18.7. The van der Waals surface area contributed by atoms with Crippen molar-refractivity contribution >= 4 is 11.6 Å². The topological polar surface area (TPSA) is 92.2 Å². The molecule has 4 rings (SSSR count). The highest BCUT2D eigenvalue weighted by molar-refractivity contribution is 5.82. The molecule has 1 aliphatic carbocycles. The minimum absolute atomic E-state index is 0.00957. The van der Waals surface area contributed by atoms with Gasteiger partial charge in [-0.1, -0.05) is 25.0 Å². The maximum absolute atomic E-state index is 12.8. The van der Waals surface area contributed by atoms with Crippen LogP contribution in [0.25, 0.3) is 0 Å². The van der Waals surface area contributed by atoms with Crippen molar-refractivity contribution < 1.29 is 18.0 Å². The lowest BCUT2D eigenvalue weighted by Gasteiger charge is -2.39. The SMILES string of the molecule is C[C@@H](NCC(F)(F)F)c1ccc(NC2NN([C@H]3CCCC[C@@H]3C#N)C3CCNC(=O)C23)cc1. The first-order valence-electron chi connectivity index (χ1n) is 11.7. The molecule has 3 unspecified atom stereocenters. The third-order valence-corrected chi connectivity index (χ3v) is 7.06. The van der Waals surface area contributed by atoms with Gasteiger partial charge in [-0.3, -0.25) is 4.79 Å². The maximum Gasteiger partial charge on any atom is 0.401 e. The molecule has 10 heteroatoms. The van der Waals surface area contributed by atoms with Gasteiger partial charge in [0.1, 0.15) is 6.17 Å². The summed E-state index contributed by atoms with van der Waals surface area (Å²) in [6.45, 7) is 1.27. The molecule has 180 valence electrons. The van der Waals surface area contributed by atoms with Crippen LogP contribution in [0, 0.1) is 23.2 Å². The number of carbonyl (C=O) groups excluding carboxylic acids is 1. The predicted molar refractivity (Wildman–Crippen MR) is 118 cm³/mol. The number of hydrogen-bond donors (Lipinski definition) is 4. The van der Waals surface area contributed by atoms with Gasteiger partial charge in [0, 0.05) is 30.4 Å². The minimum Gasteiger partial charge on any atom is -0.368 e. The molecule has 1 saturated carbocycles. The number of amides is 1. The van der Waals surface area contributed by atoms with Gasteiger partial charge < -0.3 is 16.0 Å². The molecule has 0 spiro atoms. The first kappa shape index (κ1) is 23.8.